The molecule has 0 aliphatic carbocycles. The number of nitrogens with one attached hydrogen (secondary N) is 1. The lowest BCUT2D eigenvalue weighted by Crippen LogP contribution is -2.01. The van der Waals surface area contributed by atoms with Gasteiger partial charge in [-0.25, -0.2) is 0 Å². The summed E-state index contributed by atoms with van der Waals surface area (Å²) in [7, 11) is 0. The maximum Gasteiger partial charge on any atom is 0.316 e. The first-order valence-corrected chi connectivity index (χ1v) is 6.42. The highest BCUT2D eigenvalue weighted by atomic mass is 35.5. The van der Waals surface area contributed by atoms with E-state index >= 15 is 0 Å². The molecule has 0 saturated heterocycles. The topological polar surface area (TPSA) is 63.8 Å². The van der Waals surface area contributed by atoms with E-state index in [1.165, 1.54) is 0 Å². The molecule has 0 amide bonds. The molecule has 3 rings (SSSR count). The van der Waals surface area contributed by atoms with Gasteiger partial charge in [0.2, 0.25) is 5.89 Å². The summed E-state index contributed by atoms with van der Waals surface area (Å²) in [5, 5.41) is 11.6. The minimum Gasteiger partial charge on any atom is -0.403 e. The quantitative estimate of drug-likeness (QED) is 0.796. The standard InChI is InChI=1S/C14H11ClN4O/c15-11-6-4-10(5-7-11)13-18-19-14(20-13)17-9-12-3-1-2-8-16-12/h1-8H,9H2,(H,17,19). The van der Waals surface area contributed by atoms with Crippen molar-refractivity contribution < 1.29 is 4.42 Å². The van der Waals surface area contributed by atoms with Gasteiger partial charge in [0.1, 0.15) is 0 Å². The number of nitrogens with zero attached hydrogens (tertiary/aromatic N) is 3. The molecule has 0 atom stereocenters. The van der Waals surface area contributed by atoms with E-state index in [-0.39, 0.29) is 0 Å². The third-order valence-electron chi connectivity index (χ3n) is 2.66. The first-order chi connectivity index (χ1) is 9.81. The molecule has 3 aromatic rings. The number of halogens is 1. The van der Waals surface area contributed by atoms with Gasteiger partial charge in [0.25, 0.3) is 0 Å². The van der Waals surface area contributed by atoms with Crippen molar-refractivity contribution in [1.29, 1.82) is 0 Å². The zero-order chi connectivity index (χ0) is 13.8. The summed E-state index contributed by atoms with van der Waals surface area (Å²) in [6.45, 7) is 0.531. The molecule has 0 radical (unpaired) electrons. The number of pyridine rings is 1. The maximum atomic E-state index is 5.84. The fourth-order valence-electron chi connectivity index (χ4n) is 1.67. The number of hydrogen-bond acceptors (Lipinski definition) is 5. The molecule has 1 aromatic carbocycles. The Balaban J connectivity index is 1.69. The second-order valence-electron chi connectivity index (χ2n) is 4.09. The van der Waals surface area contributed by atoms with E-state index in [1.54, 1.807) is 18.3 Å². The average Bonchev–Trinajstić information content (AvgIpc) is 2.96. The van der Waals surface area contributed by atoms with Crippen LogP contribution in [0.25, 0.3) is 11.5 Å². The van der Waals surface area contributed by atoms with Crippen LogP contribution in [0.1, 0.15) is 5.69 Å². The zero-order valence-electron chi connectivity index (χ0n) is 10.5. The predicted molar refractivity (Wildman–Crippen MR) is 76.3 cm³/mol. The normalized spacial score (nSPS) is 10.4. The Bertz CT molecular complexity index is 682. The number of benzene rings is 1. The molecule has 2 heterocycles. The van der Waals surface area contributed by atoms with Crippen molar-refractivity contribution in [3.63, 3.8) is 0 Å². The van der Waals surface area contributed by atoms with Crippen molar-refractivity contribution in [3.8, 4) is 11.5 Å². The molecule has 0 fully saturated rings. The van der Waals surface area contributed by atoms with Crippen molar-refractivity contribution in [2.75, 3.05) is 5.32 Å². The van der Waals surface area contributed by atoms with E-state index in [4.69, 9.17) is 16.0 Å². The molecular formula is C14H11ClN4O. The number of rotatable bonds is 4. The van der Waals surface area contributed by atoms with Crippen molar-refractivity contribution in [3.05, 3.63) is 59.4 Å². The highest BCUT2D eigenvalue weighted by molar-refractivity contribution is 6.30. The molecule has 20 heavy (non-hydrogen) atoms. The van der Waals surface area contributed by atoms with Gasteiger partial charge in [0.05, 0.1) is 12.2 Å². The third-order valence-corrected chi connectivity index (χ3v) is 2.92. The van der Waals surface area contributed by atoms with Gasteiger partial charge < -0.3 is 9.73 Å². The summed E-state index contributed by atoms with van der Waals surface area (Å²) in [5.41, 5.74) is 1.73. The third kappa shape index (κ3) is 2.95. The van der Waals surface area contributed by atoms with Gasteiger partial charge in [-0.1, -0.05) is 22.8 Å². The summed E-state index contributed by atoms with van der Waals surface area (Å²) in [6, 6.07) is 13.3. The van der Waals surface area contributed by atoms with Crippen molar-refractivity contribution in [1.82, 2.24) is 15.2 Å². The lowest BCUT2D eigenvalue weighted by atomic mass is 10.2. The fourth-order valence-corrected chi connectivity index (χ4v) is 1.80. The lowest BCUT2D eigenvalue weighted by Gasteiger charge is -1.99. The Morgan fingerprint density at radius 2 is 1.90 bits per heavy atom. The van der Waals surface area contributed by atoms with Gasteiger partial charge in [-0.3, -0.25) is 4.98 Å². The Morgan fingerprint density at radius 3 is 2.65 bits per heavy atom. The molecule has 0 unspecified atom stereocenters. The molecule has 2 aromatic heterocycles. The molecule has 100 valence electrons. The van der Waals surface area contributed by atoms with E-state index in [2.05, 4.69) is 20.5 Å². The summed E-state index contributed by atoms with van der Waals surface area (Å²) in [4.78, 5) is 4.20. The SMILES string of the molecule is Clc1ccc(-c2nnc(NCc3ccccn3)o2)cc1. The summed E-state index contributed by atoms with van der Waals surface area (Å²) in [5.74, 6) is 0.449. The largest absolute Gasteiger partial charge is 0.403 e. The van der Waals surface area contributed by atoms with E-state index in [9.17, 15) is 0 Å². The fraction of sp³-hybridized carbons (Fsp3) is 0.0714. The molecular weight excluding hydrogens is 276 g/mol. The summed E-state index contributed by atoms with van der Waals surface area (Å²) in [6.07, 6.45) is 1.74. The number of aromatic nitrogens is 3. The van der Waals surface area contributed by atoms with Crippen LogP contribution < -0.4 is 5.32 Å². The lowest BCUT2D eigenvalue weighted by molar-refractivity contribution is 0.580. The van der Waals surface area contributed by atoms with Gasteiger partial charge in [0, 0.05) is 16.8 Å². The van der Waals surface area contributed by atoms with Gasteiger partial charge in [-0.05, 0) is 36.4 Å². The van der Waals surface area contributed by atoms with Crippen LogP contribution >= 0.6 is 11.6 Å². The summed E-state index contributed by atoms with van der Waals surface area (Å²) >= 11 is 5.84. The maximum absolute atomic E-state index is 5.84. The van der Waals surface area contributed by atoms with Crippen molar-refractivity contribution in [2.45, 2.75) is 6.54 Å². The van der Waals surface area contributed by atoms with Gasteiger partial charge in [-0.2, -0.15) is 0 Å². The molecule has 5 nitrogen and oxygen atoms in total. The minimum absolute atomic E-state index is 0.362. The van der Waals surface area contributed by atoms with E-state index in [0.29, 0.717) is 23.5 Å². The smallest absolute Gasteiger partial charge is 0.316 e. The van der Waals surface area contributed by atoms with Gasteiger partial charge >= 0.3 is 6.01 Å². The molecule has 0 saturated carbocycles. The monoisotopic (exact) mass is 286 g/mol. The van der Waals surface area contributed by atoms with E-state index in [0.717, 1.165) is 11.3 Å². The van der Waals surface area contributed by atoms with Crippen molar-refractivity contribution in [2.24, 2.45) is 0 Å². The van der Waals surface area contributed by atoms with E-state index < -0.39 is 0 Å². The number of hydrogen-bond donors (Lipinski definition) is 1. The second kappa shape index (κ2) is 5.71. The molecule has 0 aliphatic heterocycles. The van der Waals surface area contributed by atoms with Crippen LogP contribution in [0.3, 0.4) is 0 Å². The average molecular weight is 287 g/mol. The molecule has 0 spiro atoms. The van der Waals surface area contributed by atoms with Crippen LogP contribution in [0.4, 0.5) is 6.01 Å². The highest BCUT2D eigenvalue weighted by Gasteiger charge is 2.08. The Hall–Kier alpha value is -2.40. The Labute approximate surface area is 120 Å². The molecule has 0 bridgehead atoms. The predicted octanol–water partition coefficient (Wildman–Crippen LogP) is 3.40. The van der Waals surface area contributed by atoms with E-state index in [1.807, 2.05) is 30.3 Å². The molecule has 0 aliphatic rings. The first-order valence-electron chi connectivity index (χ1n) is 6.04. The van der Waals surface area contributed by atoms with Crippen LogP contribution in [-0.4, -0.2) is 15.2 Å². The highest BCUT2D eigenvalue weighted by Crippen LogP contribution is 2.21. The second-order valence-corrected chi connectivity index (χ2v) is 4.53. The molecule has 6 heteroatoms. The molecule has 1 N–H and O–H groups in total. The van der Waals surface area contributed by atoms with Crippen LogP contribution in [-0.2, 0) is 6.54 Å². The van der Waals surface area contributed by atoms with Crippen molar-refractivity contribution >= 4 is 17.6 Å². The summed E-state index contributed by atoms with van der Waals surface area (Å²) < 4.78 is 5.53. The van der Waals surface area contributed by atoms with Crippen LogP contribution in [0, 0.1) is 0 Å². The van der Waals surface area contributed by atoms with Crippen LogP contribution in [0.2, 0.25) is 5.02 Å². The Kier molecular flexibility index (Phi) is 3.60. The van der Waals surface area contributed by atoms with Gasteiger partial charge in [-0.15, -0.1) is 5.10 Å². The first kappa shape index (κ1) is 12.6. The minimum atomic E-state index is 0.362. The Morgan fingerprint density at radius 1 is 1.05 bits per heavy atom. The van der Waals surface area contributed by atoms with Gasteiger partial charge in [0.15, 0.2) is 0 Å². The number of anilines is 1. The zero-order valence-corrected chi connectivity index (χ0v) is 11.2. The van der Waals surface area contributed by atoms with Crippen LogP contribution in [0.15, 0.2) is 53.1 Å². The van der Waals surface area contributed by atoms with Crippen LogP contribution in [0.5, 0.6) is 0 Å².